The Hall–Kier alpha value is -4.78. The van der Waals surface area contributed by atoms with Crippen LogP contribution < -0.4 is 10.6 Å². The van der Waals surface area contributed by atoms with E-state index in [1.807, 2.05) is 6.07 Å². The third-order valence-electron chi connectivity index (χ3n) is 7.24. The number of amides is 3. The Kier molecular flexibility index (Phi) is 8.71. The zero-order valence-electron chi connectivity index (χ0n) is 22.8. The lowest BCUT2D eigenvalue weighted by Crippen LogP contribution is -2.49. The molecule has 43 heavy (non-hydrogen) atoms. The molecule has 1 fully saturated rings. The molecule has 1 saturated heterocycles. The minimum atomic E-state index is -3.09. The summed E-state index contributed by atoms with van der Waals surface area (Å²) in [6.07, 6.45) is 2.06. The largest absolute Gasteiger partial charge is 0.357 e. The number of ether oxygens (including phenoxy) is 1. The molecule has 3 heterocycles. The number of carbonyl (C=O) groups is 3. The van der Waals surface area contributed by atoms with Crippen LogP contribution in [0.15, 0.2) is 67.0 Å². The van der Waals surface area contributed by atoms with Crippen LogP contribution >= 0.6 is 0 Å². The number of halogens is 4. The van der Waals surface area contributed by atoms with Crippen molar-refractivity contribution in [3.63, 3.8) is 0 Å². The molecule has 1 aliphatic heterocycles. The van der Waals surface area contributed by atoms with E-state index in [2.05, 4.69) is 25.3 Å². The smallest absolute Gasteiger partial charge is 0.345 e. The number of aromatic amines is 1. The molecule has 9 nitrogen and oxygen atoms in total. The van der Waals surface area contributed by atoms with Crippen molar-refractivity contribution in [2.75, 3.05) is 13.1 Å². The van der Waals surface area contributed by atoms with Crippen molar-refractivity contribution in [3.05, 3.63) is 89.9 Å². The van der Waals surface area contributed by atoms with Gasteiger partial charge in [0.05, 0.1) is 18.7 Å². The highest BCUT2D eigenvalue weighted by Gasteiger charge is 2.41. The van der Waals surface area contributed by atoms with Crippen LogP contribution in [0.25, 0.3) is 22.0 Å². The van der Waals surface area contributed by atoms with Gasteiger partial charge in [0.2, 0.25) is 11.8 Å². The summed E-state index contributed by atoms with van der Waals surface area (Å²) in [6, 6.07) is 10.9. The molecule has 3 N–H and O–H groups in total. The topological polar surface area (TPSA) is 116 Å². The maximum Gasteiger partial charge on any atom is 0.345 e. The monoisotopic (exact) mass is 597 g/mol. The van der Waals surface area contributed by atoms with Gasteiger partial charge in [0, 0.05) is 59.1 Å². The van der Waals surface area contributed by atoms with Gasteiger partial charge >= 0.3 is 6.61 Å². The van der Waals surface area contributed by atoms with Crippen LogP contribution in [0.1, 0.15) is 35.4 Å². The zero-order valence-corrected chi connectivity index (χ0v) is 22.8. The number of alkyl halides is 2. The highest BCUT2D eigenvalue weighted by molar-refractivity contribution is 5.97. The second-order valence-corrected chi connectivity index (χ2v) is 10.1. The molecule has 2 aromatic carbocycles. The van der Waals surface area contributed by atoms with Crippen molar-refractivity contribution < 1.29 is 36.7 Å². The SMILES string of the molecule is C[C@@H](NC(=O)C1C[C@@H](OC(F)F)CN1C(=O)CNC(=O)c1ccc(-c2ccc(F)cc2F)cc1)c1cc2cnccc2[nH]1. The molecule has 13 heteroatoms. The first-order chi connectivity index (χ1) is 20.6. The number of benzene rings is 2. The number of pyridine rings is 1. The molecule has 224 valence electrons. The van der Waals surface area contributed by atoms with Gasteiger partial charge in [-0.3, -0.25) is 19.4 Å². The molecule has 5 rings (SSSR count). The van der Waals surface area contributed by atoms with Crippen LogP contribution in [0.4, 0.5) is 17.6 Å². The Morgan fingerprint density at radius 1 is 1.09 bits per heavy atom. The Labute approximate surface area is 243 Å². The fraction of sp³-hybridized carbons (Fsp3) is 0.267. The molecule has 3 atom stereocenters. The molecule has 0 aliphatic carbocycles. The van der Waals surface area contributed by atoms with Crippen molar-refractivity contribution in [3.8, 4) is 11.1 Å². The fourth-order valence-electron chi connectivity index (χ4n) is 5.07. The van der Waals surface area contributed by atoms with Crippen molar-refractivity contribution in [1.29, 1.82) is 0 Å². The van der Waals surface area contributed by atoms with Gasteiger partial charge in [-0.2, -0.15) is 8.78 Å². The second-order valence-electron chi connectivity index (χ2n) is 10.1. The number of aromatic nitrogens is 2. The molecule has 0 radical (unpaired) electrons. The molecular weight excluding hydrogens is 570 g/mol. The van der Waals surface area contributed by atoms with Crippen molar-refractivity contribution in [2.45, 2.75) is 38.1 Å². The summed E-state index contributed by atoms with van der Waals surface area (Å²) >= 11 is 0. The molecule has 4 aromatic rings. The zero-order chi connectivity index (χ0) is 30.7. The molecule has 1 aliphatic rings. The summed E-state index contributed by atoms with van der Waals surface area (Å²) in [5, 5.41) is 6.12. The average molecular weight is 598 g/mol. The first-order valence-corrected chi connectivity index (χ1v) is 13.4. The summed E-state index contributed by atoms with van der Waals surface area (Å²) in [6.45, 7) is -2.13. The van der Waals surface area contributed by atoms with E-state index in [-0.39, 0.29) is 24.1 Å². The van der Waals surface area contributed by atoms with Crippen LogP contribution in [0.5, 0.6) is 0 Å². The minimum absolute atomic E-state index is 0.151. The van der Waals surface area contributed by atoms with Gasteiger partial charge in [0.15, 0.2) is 0 Å². The predicted molar refractivity (Wildman–Crippen MR) is 148 cm³/mol. The Bertz CT molecular complexity index is 1610. The Morgan fingerprint density at radius 3 is 2.56 bits per heavy atom. The average Bonchev–Trinajstić information content (AvgIpc) is 3.60. The standard InChI is InChI=1S/C30H27F4N5O4/c1-16(25-10-19-13-35-9-8-24(19)38-25)37-29(42)26-12-21(43-30(33)34)15-39(26)27(40)14-36-28(41)18-4-2-17(3-5-18)22-7-6-20(31)11-23(22)32/h2-11,13,16,21,26,30,38H,12,14-15H2,1H3,(H,36,41)(H,37,42)/t16-,21-,26?/m1/s1. The van der Waals surface area contributed by atoms with E-state index in [0.717, 1.165) is 27.9 Å². The highest BCUT2D eigenvalue weighted by atomic mass is 19.3. The number of H-pyrrole nitrogens is 1. The van der Waals surface area contributed by atoms with Crippen molar-refractivity contribution >= 4 is 28.6 Å². The summed E-state index contributed by atoms with van der Waals surface area (Å²) in [7, 11) is 0. The van der Waals surface area contributed by atoms with Crippen LogP contribution in [0.3, 0.4) is 0 Å². The van der Waals surface area contributed by atoms with E-state index < -0.39 is 60.7 Å². The van der Waals surface area contributed by atoms with E-state index in [1.165, 1.54) is 30.3 Å². The van der Waals surface area contributed by atoms with Gasteiger partial charge in [0.25, 0.3) is 5.91 Å². The van der Waals surface area contributed by atoms with Gasteiger partial charge in [-0.25, -0.2) is 8.78 Å². The predicted octanol–water partition coefficient (Wildman–Crippen LogP) is 4.32. The number of hydrogen-bond acceptors (Lipinski definition) is 5. The lowest BCUT2D eigenvalue weighted by atomic mass is 10.0. The van der Waals surface area contributed by atoms with Crippen LogP contribution in [0, 0.1) is 11.6 Å². The molecule has 2 aromatic heterocycles. The number of likely N-dealkylation sites (tertiary alicyclic amines) is 1. The Morgan fingerprint density at radius 2 is 1.86 bits per heavy atom. The van der Waals surface area contributed by atoms with Crippen LogP contribution in [-0.2, 0) is 14.3 Å². The minimum Gasteiger partial charge on any atom is -0.357 e. The van der Waals surface area contributed by atoms with E-state index in [1.54, 1.807) is 25.4 Å². The summed E-state index contributed by atoms with van der Waals surface area (Å²) < 4.78 is 57.8. The first-order valence-electron chi connectivity index (χ1n) is 13.4. The second kappa shape index (κ2) is 12.6. The fourth-order valence-corrected chi connectivity index (χ4v) is 5.07. The summed E-state index contributed by atoms with van der Waals surface area (Å²) in [5.41, 5.74) is 2.24. The summed E-state index contributed by atoms with van der Waals surface area (Å²) in [5.74, 6) is -3.32. The number of rotatable bonds is 9. The third kappa shape index (κ3) is 6.83. The molecule has 3 amide bonds. The highest BCUT2D eigenvalue weighted by Crippen LogP contribution is 2.26. The quantitative estimate of drug-likeness (QED) is 0.249. The summed E-state index contributed by atoms with van der Waals surface area (Å²) in [4.78, 5) is 47.4. The molecule has 0 bridgehead atoms. The van der Waals surface area contributed by atoms with Gasteiger partial charge in [-0.05, 0) is 48.9 Å². The lowest BCUT2D eigenvalue weighted by Gasteiger charge is -2.25. The van der Waals surface area contributed by atoms with Gasteiger partial charge in [0.1, 0.15) is 17.7 Å². The maximum atomic E-state index is 14.1. The van der Waals surface area contributed by atoms with Crippen LogP contribution in [0.2, 0.25) is 0 Å². The van der Waals surface area contributed by atoms with Crippen LogP contribution in [-0.4, -0.2) is 64.4 Å². The van der Waals surface area contributed by atoms with E-state index >= 15 is 0 Å². The first kappa shape index (κ1) is 29.7. The van der Waals surface area contributed by atoms with E-state index in [0.29, 0.717) is 11.3 Å². The van der Waals surface area contributed by atoms with Crippen molar-refractivity contribution in [1.82, 2.24) is 25.5 Å². The number of fused-ring (bicyclic) bond motifs is 1. The number of hydrogen-bond donors (Lipinski definition) is 3. The number of nitrogens with zero attached hydrogens (tertiary/aromatic N) is 2. The van der Waals surface area contributed by atoms with Gasteiger partial charge in [-0.1, -0.05) is 12.1 Å². The molecular formula is C30H27F4N5O4. The van der Waals surface area contributed by atoms with E-state index in [4.69, 9.17) is 0 Å². The van der Waals surface area contributed by atoms with Gasteiger partial charge < -0.3 is 25.3 Å². The normalized spacial score (nSPS) is 17.3. The molecule has 0 saturated carbocycles. The third-order valence-corrected chi connectivity index (χ3v) is 7.24. The lowest BCUT2D eigenvalue weighted by molar-refractivity contribution is -0.160. The maximum absolute atomic E-state index is 14.1. The molecule has 0 spiro atoms. The molecule has 1 unspecified atom stereocenters. The number of carbonyl (C=O) groups excluding carboxylic acids is 3. The van der Waals surface area contributed by atoms with Crippen molar-refractivity contribution in [2.24, 2.45) is 0 Å². The van der Waals surface area contributed by atoms with Gasteiger partial charge in [-0.15, -0.1) is 0 Å². The number of nitrogens with one attached hydrogen (secondary N) is 3. The van der Waals surface area contributed by atoms with E-state index in [9.17, 15) is 31.9 Å². The Balaban J connectivity index is 1.22.